The Morgan fingerprint density at radius 1 is 1.14 bits per heavy atom. The lowest BCUT2D eigenvalue weighted by molar-refractivity contribution is -0.139. The van der Waals surface area contributed by atoms with Gasteiger partial charge in [0, 0.05) is 6.54 Å². The van der Waals surface area contributed by atoms with Gasteiger partial charge in [-0.1, -0.05) is 12.1 Å². The number of hydrogen-bond donors (Lipinski definition) is 1. The van der Waals surface area contributed by atoms with Gasteiger partial charge in [-0.3, -0.25) is 4.98 Å². The number of rotatable bonds is 5. The number of hydrogen-bond acceptors (Lipinski definition) is 4. The van der Waals surface area contributed by atoms with E-state index in [2.05, 4.69) is 15.3 Å². The van der Waals surface area contributed by atoms with Gasteiger partial charge in [-0.15, -0.1) is 0 Å². The molecule has 0 radical (unpaired) electrons. The van der Waals surface area contributed by atoms with Crippen LogP contribution >= 0.6 is 0 Å². The SMILES string of the molecule is CCNc1cnc(COc2ccccc2C(F)(F)F)cn1. The van der Waals surface area contributed by atoms with Crippen molar-refractivity contribution in [1.82, 2.24) is 9.97 Å². The van der Waals surface area contributed by atoms with Crippen molar-refractivity contribution in [3.05, 3.63) is 47.9 Å². The predicted octanol–water partition coefficient (Wildman–Crippen LogP) is 3.51. The molecule has 1 aromatic carbocycles. The minimum atomic E-state index is -4.45. The zero-order valence-electron chi connectivity index (χ0n) is 11.3. The van der Waals surface area contributed by atoms with Crippen LogP contribution in [0.15, 0.2) is 36.7 Å². The van der Waals surface area contributed by atoms with Gasteiger partial charge in [0.1, 0.15) is 18.2 Å². The molecule has 2 aromatic rings. The van der Waals surface area contributed by atoms with Crippen molar-refractivity contribution in [2.24, 2.45) is 0 Å². The van der Waals surface area contributed by atoms with Gasteiger partial charge in [0.25, 0.3) is 0 Å². The molecule has 0 aliphatic heterocycles. The fraction of sp³-hybridized carbons (Fsp3) is 0.286. The van der Waals surface area contributed by atoms with E-state index in [9.17, 15) is 13.2 Å². The van der Waals surface area contributed by atoms with Crippen LogP contribution in [0, 0.1) is 0 Å². The zero-order chi connectivity index (χ0) is 15.3. The van der Waals surface area contributed by atoms with Crippen molar-refractivity contribution >= 4 is 5.82 Å². The maximum atomic E-state index is 12.8. The summed E-state index contributed by atoms with van der Waals surface area (Å²) in [4.78, 5) is 8.15. The summed E-state index contributed by atoms with van der Waals surface area (Å²) in [6.07, 6.45) is -1.47. The molecule has 21 heavy (non-hydrogen) atoms. The highest BCUT2D eigenvalue weighted by atomic mass is 19.4. The Labute approximate surface area is 120 Å². The van der Waals surface area contributed by atoms with Crippen LogP contribution in [0.4, 0.5) is 19.0 Å². The Bertz CT molecular complexity index is 585. The van der Waals surface area contributed by atoms with E-state index in [0.717, 1.165) is 6.07 Å². The second-order valence-corrected chi connectivity index (χ2v) is 4.21. The third-order valence-electron chi connectivity index (χ3n) is 2.63. The van der Waals surface area contributed by atoms with E-state index in [0.29, 0.717) is 18.1 Å². The average Bonchev–Trinajstić information content (AvgIpc) is 2.46. The van der Waals surface area contributed by atoms with Gasteiger partial charge in [0.05, 0.1) is 23.7 Å². The van der Waals surface area contributed by atoms with Crippen molar-refractivity contribution in [2.45, 2.75) is 19.7 Å². The molecule has 112 valence electrons. The minimum Gasteiger partial charge on any atom is -0.487 e. The Morgan fingerprint density at radius 2 is 1.90 bits per heavy atom. The summed E-state index contributed by atoms with van der Waals surface area (Å²) in [5.74, 6) is 0.388. The number of ether oxygens (including phenoxy) is 1. The van der Waals surface area contributed by atoms with Crippen LogP contribution in [0.25, 0.3) is 0 Å². The molecule has 1 N–H and O–H groups in total. The van der Waals surface area contributed by atoms with Gasteiger partial charge in [-0.25, -0.2) is 4.98 Å². The molecule has 0 bridgehead atoms. The smallest absolute Gasteiger partial charge is 0.419 e. The quantitative estimate of drug-likeness (QED) is 0.917. The van der Waals surface area contributed by atoms with Gasteiger partial charge < -0.3 is 10.1 Å². The number of nitrogens with zero attached hydrogens (tertiary/aromatic N) is 2. The van der Waals surface area contributed by atoms with E-state index in [1.54, 1.807) is 0 Å². The molecule has 1 aromatic heterocycles. The van der Waals surface area contributed by atoms with Crippen molar-refractivity contribution in [1.29, 1.82) is 0 Å². The predicted molar refractivity (Wildman–Crippen MR) is 72.0 cm³/mol. The minimum absolute atomic E-state index is 0.0769. The van der Waals surface area contributed by atoms with Gasteiger partial charge in [0.15, 0.2) is 0 Å². The molecule has 4 nitrogen and oxygen atoms in total. The standard InChI is InChI=1S/C14H14F3N3O/c1-2-18-13-8-19-10(7-20-13)9-21-12-6-4-3-5-11(12)14(15,16)17/h3-8H,2,9H2,1H3,(H,18,20). The molecule has 0 atom stereocenters. The highest BCUT2D eigenvalue weighted by Gasteiger charge is 2.33. The van der Waals surface area contributed by atoms with Crippen LogP contribution in [-0.2, 0) is 12.8 Å². The third kappa shape index (κ3) is 4.08. The van der Waals surface area contributed by atoms with Crippen molar-refractivity contribution in [2.75, 3.05) is 11.9 Å². The van der Waals surface area contributed by atoms with Crippen molar-refractivity contribution in [3.63, 3.8) is 0 Å². The number of alkyl halides is 3. The Hall–Kier alpha value is -2.31. The van der Waals surface area contributed by atoms with E-state index in [1.165, 1.54) is 30.6 Å². The summed E-state index contributed by atoms with van der Waals surface area (Å²) < 4.78 is 43.6. The zero-order valence-corrected chi connectivity index (χ0v) is 11.3. The molecule has 0 saturated heterocycles. The Kier molecular flexibility index (Phi) is 4.62. The molecule has 0 unspecified atom stereocenters. The fourth-order valence-electron chi connectivity index (χ4n) is 1.68. The van der Waals surface area contributed by atoms with Crippen LogP contribution < -0.4 is 10.1 Å². The first-order valence-corrected chi connectivity index (χ1v) is 6.34. The summed E-state index contributed by atoms with van der Waals surface area (Å²) in [6.45, 7) is 2.56. The molecule has 1 heterocycles. The molecule has 0 fully saturated rings. The highest BCUT2D eigenvalue weighted by Crippen LogP contribution is 2.36. The summed E-state index contributed by atoms with van der Waals surface area (Å²) >= 11 is 0. The normalized spacial score (nSPS) is 11.2. The first kappa shape index (κ1) is 15.1. The first-order valence-electron chi connectivity index (χ1n) is 6.34. The second-order valence-electron chi connectivity index (χ2n) is 4.21. The van der Waals surface area contributed by atoms with Crippen molar-refractivity contribution < 1.29 is 17.9 Å². The van der Waals surface area contributed by atoms with Crippen LogP contribution in [0.2, 0.25) is 0 Å². The number of benzene rings is 1. The number of nitrogens with one attached hydrogen (secondary N) is 1. The van der Waals surface area contributed by atoms with E-state index < -0.39 is 11.7 Å². The van der Waals surface area contributed by atoms with E-state index in [-0.39, 0.29) is 12.4 Å². The van der Waals surface area contributed by atoms with Crippen molar-refractivity contribution in [3.8, 4) is 5.75 Å². The number of para-hydroxylation sites is 1. The molecule has 2 rings (SSSR count). The average molecular weight is 297 g/mol. The molecular weight excluding hydrogens is 283 g/mol. The monoisotopic (exact) mass is 297 g/mol. The Morgan fingerprint density at radius 3 is 2.52 bits per heavy atom. The van der Waals surface area contributed by atoms with Crippen LogP contribution in [0.5, 0.6) is 5.75 Å². The maximum absolute atomic E-state index is 12.8. The van der Waals surface area contributed by atoms with Crippen LogP contribution in [-0.4, -0.2) is 16.5 Å². The van der Waals surface area contributed by atoms with Crippen LogP contribution in [0.1, 0.15) is 18.2 Å². The number of halogens is 3. The summed E-state index contributed by atoms with van der Waals surface area (Å²) in [5, 5.41) is 2.97. The van der Waals surface area contributed by atoms with E-state index in [4.69, 9.17) is 4.74 Å². The number of aromatic nitrogens is 2. The highest BCUT2D eigenvalue weighted by molar-refractivity contribution is 5.35. The second kappa shape index (κ2) is 6.43. The van der Waals surface area contributed by atoms with Gasteiger partial charge >= 0.3 is 6.18 Å². The lowest BCUT2D eigenvalue weighted by atomic mass is 10.2. The Balaban J connectivity index is 2.06. The summed E-state index contributed by atoms with van der Waals surface area (Å²) in [5.41, 5.74) is -0.351. The largest absolute Gasteiger partial charge is 0.487 e. The lowest BCUT2D eigenvalue weighted by Gasteiger charge is -2.13. The molecule has 7 heteroatoms. The van der Waals surface area contributed by atoms with E-state index >= 15 is 0 Å². The van der Waals surface area contributed by atoms with Gasteiger partial charge in [0.2, 0.25) is 0 Å². The van der Waals surface area contributed by atoms with Crippen LogP contribution in [0.3, 0.4) is 0 Å². The third-order valence-corrected chi connectivity index (χ3v) is 2.63. The number of anilines is 1. The van der Waals surface area contributed by atoms with Gasteiger partial charge in [-0.2, -0.15) is 13.2 Å². The molecule has 0 spiro atoms. The fourth-order valence-corrected chi connectivity index (χ4v) is 1.68. The summed E-state index contributed by atoms with van der Waals surface area (Å²) in [7, 11) is 0. The topological polar surface area (TPSA) is 47.0 Å². The van der Waals surface area contributed by atoms with E-state index in [1.807, 2.05) is 6.92 Å². The summed E-state index contributed by atoms with van der Waals surface area (Å²) in [6, 6.07) is 5.07. The molecule has 0 aliphatic carbocycles. The van der Waals surface area contributed by atoms with Gasteiger partial charge in [-0.05, 0) is 19.1 Å². The molecule has 0 aliphatic rings. The first-order chi connectivity index (χ1) is 10.0. The maximum Gasteiger partial charge on any atom is 0.419 e. The molecule has 0 amide bonds. The molecular formula is C14H14F3N3O. The molecule has 0 saturated carbocycles. The lowest BCUT2D eigenvalue weighted by Crippen LogP contribution is -2.09.